The maximum atomic E-state index is 10.7. The second-order valence-corrected chi connectivity index (χ2v) is 4.28. The van der Waals surface area contributed by atoms with E-state index in [0.29, 0.717) is 5.92 Å². The van der Waals surface area contributed by atoms with Gasteiger partial charge in [-0.3, -0.25) is 4.55 Å². The summed E-state index contributed by atoms with van der Waals surface area (Å²) in [5, 5.41) is 0. The van der Waals surface area contributed by atoms with Crippen LogP contribution in [0.15, 0.2) is 0 Å². The molecule has 0 aromatic rings. The summed E-state index contributed by atoms with van der Waals surface area (Å²) in [7, 11) is 0. The van der Waals surface area contributed by atoms with Gasteiger partial charge in [0.25, 0.3) is 0 Å². The van der Waals surface area contributed by atoms with Crippen molar-refractivity contribution < 1.29 is 8.76 Å². The highest BCUT2D eigenvalue weighted by Gasteiger charge is 2.25. The summed E-state index contributed by atoms with van der Waals surface area (Å²) in [5.41, 5.74) is 0. The van der Waals surface area contributed by atoms with Crippen LogP contribution < -0.4 is 0 Å². The first kappa shape index (κ1) is 9.16. The molecule has 3 atom stereocenters. The minimum absolute atomic E-state index is 0.254. The van der Waals surface area contributed by atoms with Crippen molar-refractivity contribution in [2.45, 2.75) is 32.7 Å². The molecule has 1 saturated heterocycles. The molecule has 1 heterocycles. The van der Waals surface area contributed by atoms with E-state index in [9.17, 15) is 4.21 Å². The molecule has 0 aromatic heterocycles. The van der Waals surface area contributed by atoms with Gasteiger partial charge in [-0.1, -0.05) is 6.92 Å². The largest absolute Gasteiger partial charge is 0.294 e. The molecule has 4 heteroatoms. The molecule has 0 saturated carbocycles. The molecule has 1 N–H and O–H groups in total. The second-order valence-electron chi connectivity index (χ2n) is 3.35. The molecule has 0 aliphatic carbocycles. The molecule has 0 amide bonds. The SMILES string of the molecule is CC1CCN(S(=O)O)C(C)C1. The fourth-order valence-electron chi connectivity index (χ4n) is 1.62. The van der Waals surface area contributed by atoms with E-state index in [2.05, 4.69) is 6.92 Å². The van der Waals surface area contributed by atoms with Crippen molar-refractivity contribution in [3.05, 3.63) is 0 Å². The standard InChI is InChI=1S/C7H15NO2S/c1-6-3-4-8(11(9)10)7(2)5-6/h6-7H,3-5H2,1-2H3,(H,9,10). The van der Waals surface area contributed by atoms with Gasteiger partial charge in [0, 0.05) is 12.6 Å². The molecule has 66 valence electrons. The zero-order valence-electron chi connectivity index (χ0n) is 6.99. The number of rotatable bonds is 1. The maximum Gasteiger partial charge on any atom is 0.234 e. The van der Waals surface area contributed by atoms with Crippen molar-refractivity contribution in [2.24, 2.45) is 5.92 Å². The Morgan fingerprint density at radius 3 is 2.64 bits per heavy atom. The summed E-state index contributed by atoms with van der Waals surface area (Å²) in [4.78, 5) is 0. The third-order valence-electron chi connectivity index (χ3n) is 2.28. The minimum Gasteiger partial charge on any atom is -0.294 e. The predicted molar refractivity (Wildman–Crippen MR) is 45.3 cm³/mol. The molecule has 1 aliphatic heterocycles. The average molecular weight is 177 g/mol. The van der Waals surface area contributed by atoms with Gasteiger partial charge in [-0.15, -0.1) is 0 Å². The Balaban J connectivity index is 2.50. The van der Waals surface area contributed by atoms with E-state index in [1.807, 2.05) is 6.92 Å². The van der Waals surface area contributed by atoms with Gasteiger partial charge in [-0.25, -0.2) is 4.21 Å². The molecule has 3 nitrogen and oxygen atoms in total. The van der Waals surface area contributed by atoms with Crippen molar-refractivity contribution >= 4 is 11.3 Å². The Morgan fingerprint density at radius 2 is 2.18 bits per heavy atom. The normalized spacial score (nSPS) is 37.0. The summed E-state index contributed by atoms with van der Waals surface area (Å²) in [6.07, 6.45) is 2.07. The topological polar surface area (TPSA) is 40.5 Å². The fraction of sp³-hybridized carbons (Fsp3) is 1.00. The van der Waals surface area contributed by atoms with Crippen molar-refractivity contribution in [3.63, 3.8) is 0 Å². The van der Waals surface area contributed by atoms with Gasteiger partial charge in [0.1, 0.15) is 0 Å². The molecule has 0 aromatic carbocycles. The molecule has 11 heavy (non-hydrogen) atoms. The lowest BCUT2D eigenvalue weighted by atomic mass is 9.95. The average Bonchev–Trinajstić information content (AvgIpc) is 1.85. The van der Waals surface area contributed by atoms with Gasteiger partial charge in [0.2, 0.25) is 11.3 Å². The van der Waals surface area contributed by atoms with E-state index in [1.54, 1.807) is 4.31 Å². The molecule has 0 spiro atoms. The van der Waals surface area contributed by atoms with Crippen LogP contribution in [-0.2, 0) is 11.3 Å². The number of piperidine rings is 1. The van der Waals surface area contributed by atoms with Crippen molar-refractivity contribution in [3.8, 4) is 0 Å². The lowest BCUT2D eigenvalue weighted by Gasteiger charge is -2.32. The quantitative estimate of drug-likeness (QED) is 0.612. The Kier molecular flexibility index (Phi) is 3.04. The Morgan fingerprint density at radius 1 is 1.55 bits per heavy atom. The second kappa shape index (κ2) is 3.65. The fourth-order valence-corrected chi connectivity index (χ4v) is 2.27. The molecule has 3 unspecified atom stereocenters. The van der Waals surface area contributed by atoms with Gasteiger partial charge in [0.15, 0.2) is 0 Å². The van der Waals surface area contributed by atoms with E-state index in [0.717, 1.165) is 19.4 Å². The summed E-state index contributed by atoms with van der Waals surface area (Å²) >= 11 is -1.76. The van der Waals surface area contributed by atoms with Gasteiger partial charge in [0.05, 0.1) is 0 Å². The van der Waals surface area contributed by atoms with Crippen LogP contribution >= 0.6 is 0 Å². The van der Waals surface area contributed by atoms with Crippen LogP contribution in [-0.4, -0.2) is 25.7 Å². The van der Waals surface area contributed by atoms with Crippen LogP contribution in [0.3, 0.4) is 0 Å². The molecule has 1 fully saturated rings. The lowest BCUT2D eigenvalue weighted by Crippen LogP contribution is -2.40. The van der Waals surface area contributed by atoms with Crippen LogP contribution in [0.25, 0.3) is 0 Å². The lowest BCUT2D eigenvalue weighted by molar-refractivity contribution is 0.217. The van der Waals surface area contributed by atoms with Crippen molar-refractivity contribution in [2.75, 3.05) is 6.54 Å². The van der Waals surface area contributed by atoms with Gasteiger partial charge >= 0.3 is 0 Å². The van der Waals surface area contributed by atoms with Crippen LogP contribution in [0.1, 0.15) is 26.7 Å². The highest BCUT2D eigenvalue weighted by molar-refractivity contribution is 7.76. The molecule has 0 bridgehead atoms. The van der Waals surface area contributed by atoms with Crippen LogP contribution in [0.5, 0.6) is 0 Å². The Bertz CT molecular complexity index is 163. The van der Waals surface area contributed by atoms with Crippen molar-refractivity contribution in [1.82, 2.24) is 4.31 Å². The van der Waals surface area contributed by atoms with Gasteiger partial charge in [-0.2, -0.15) is 4.31 Å². The van der Waals surface area contributed by atoms with Crippen LogP contribution in [0.2, 0.25) is 0 Å². The van der Waals surface area contributed by atoms with Gasteiger partial charge < -0.3 is 0 Å². The maximum absolute atomic E-state index is 10.7. The zero-order chi connectivity index (χ0) is 8.43. The molecular weight excluding hydrogens is 162 g/mol. The van der Waals surface area contributed by atoms with Gasteiger partial charge in [-0.05, 0) is 25.7 Å². The van der Waals surface area contributed by atoms with Crippen molar-refractivity contribution in [1.29, 1.82) is 0 Å². The number of hydrogen-bond acceptors (Lipinski definition) is 1. The summed E-state index contributed by atoms with van der Waals surface area (Å²) < 4.78 is 21.2. The van der Waals surface area contributed by atoms with E-state index < -0.39 is 11.3 Å². The molecule has 0 radical (unpaired) electrons. The van der Waals surface area contributed by atoms with Crippen LogP contribution in [0.4, 0.5) is 0 Å². The highest BCUT2D eigenvalue weighted by Crippen LogP contribution is 2.22. The summed E-state index contributed by atoms with van der Waals surface area (Å²) in [6.45, 7) is 4.95. The smallest absolute Gasteiger partial charge is 0.234 e. The predicted octanol–water partition coefficient (Wildman–Crippen LogP) is 1.24. The highest BCUT2D eigenvalue weighted by atomic mass is 32.2. The minimum atomic E-state index is -1.76. The zero-order valence-corrected chi connectivity index (χ0v) is 7.80. The Hall–Kier alpha value is 0.0700. The first-order valence-electron chi connectivity index (χ1n) is 3.99. The first-order valence-corrected chi connectivity index (χ1v) is 5.05. The molecule has 1 rings (SSSR count). The third-order valence-corrected chi connectivity index (χ3v) is 3.22. The monoisotopic (exact) mass is 177 g/mol. The van der Waals surface area contributed by atoms with E-state index >= 15 is 0 Å². The van der Waals surface area contributed by atoms with E-state index in [-0.39, 0.29) is 6.04 Å². The molecular formula is C7H15NO2S. The number of nitrogens with zero attached hydrogens (tertiary/aromatic N) is 1. The van der Waals surface area contributed by atoms with E-state index in [1.165, 1.54) is 0 Å². The molecule has 1 aliphatic rings. The van der Waals surface area contributed by atoms with Crippen LogP contribution in [0, 0.1) is 5.92 Å². The number of hydrogen-bond donors (Lipinski definition) is 1. The summed E-state index contributed by atoms with van der Waals surface area (Å²) in [6, 6.07) is 0.254. The third kappa shape index (κ3) is 2.25. The summed E-state index contributed by atoms with van der Waals surface area (Å²) in [5.74, 6) is 0.699. The van der Waals surface area contributed by atoms with E-state index in [4.69, 9.17) is 4.55 Å². The first-order chi connectivity index (χ1) is 5.11. The Labute approximate surface area is 70.2 Å².